The molecule has 1 heterocycles. The number of hydrogen-bond acceptors (Lipinski definition) is 6. The molecule has 0 saturated carbocycles. The predicted octanol–water partition coefficient (Wildman–Crippen LogP) is 3.93. The molecule has 33 heavy (non-hydrogen) atoms. The first-order chi connectivity index (χ1) is 15.8. The number of thiazole rings is 1. The van der Waals surface area contributed by atoms with Crippen LogP contribution in [0, 0.1) is 0 Å². The van der Waals surface area contributed by atoms with Gasteiger partial charge in [0.05, 0.1) is 28.8 Å². The zero-order valence-electron chi connectivity index (χ0n) is 16.9. The molecule has 0 aliphatic rings. The number of nitrogens with one attached hydrogen (secondary N) is 1. The van der Waals surface area contributed by atoms with E-state index in [1.54, 1.807) is 18.2 Å². The Morgan fingerprint density at radius 2 is 1.82 bits per heavy atom. The van der Waals surface area contributed by atoms with Gasteiger partial charge in [0.15, 0.2) is 0 Å². The molecule has 4 rings (SSSR count). The number of benzene rings is 3. The van der Waals surface area contributed by atoms with Crippen molar-refractivity contribution in [1.29, 1.82) is 0 Å². The first-order valence-corrected chi connectivity index (χ1v) is 10.8. The van der Waals surface area contributed by atoms with E-state index in [1.165, 1.54) is 29.0 Å². The summed E-state index contributed by atoms with van der Waals surface area (Å²) < 4.78 is 1.28. The van der Waals surface area contributed by atoms with Gasteiger partial charge in [-0.15, -0.1) is 0 Å². The number of hydrogen-bond donors (Lipinski definition) is 3. The molecule has 3 aromatic carbocycles. The van der Waals surface area contributed by atoms with E-state index in [-0.39, 0.29) is 33.4 Å². The lowest BCUT2D eigenvalue weighted by Gasteiger charge is -2.06. The normalized spacial score (nSPS) is 11.2. The van der Waals surface area contributed by atoms with Gasteiger partial charge in [0, 0.05) is 0 Å². The van der Waals surface area contributed by atoms with Crippen LogP contribution in [0.4, 0.5) is 0 Å². The number of carbonyl (C=O) groups excluding carboxylic acids is 1. The summed E-state index contributed by atoms with van der Waals surface area (Å²) in [6.07, 6.45) is 1.24. The van der Waals surface area contributed by atoms with Gasteiger partial charge in [-0.05, 0) is 40.6 Å². The van der Waals surface area contributed by atoms with E-state index < -0.39 is 11.9 Å². The van der Waals surface area contributed by atoms with Crippen molar-refractivity contribution in [2.45, 2.75) is 6.54 Å². The summed E-state index contributed by atoms with van der Waals surface area (Å²) in [7, 11) is 0. The average molecular weight is 482 g/mol. The Kier molecular flexibility index (Phi) is 6.25. The van der Waals surface area contributed by atoms with Crippen molar-refractivity contribution in [2.75, 3.05) is 0 Å². The Bertz CT molecular complexity index is 1470. The van der Waals surface area contributed by atoms with E-state index in [2.05, 4.69) is 10.5 Å². The van der Waals surface area contributed by atoms with Crippen molar-refractivity contribution in [2.24, 2.45) is 5.10 Å². The van der Waals surface area contributed by atoms with Gasteiger partial charge in [0.25, 0.3) is 5.91 Å². The van der Waals surface area contributed by atoms with Gasteiger partial charge >= 0.3 is 10.8 Å². The first kappa shape index (κ1) is 22.3. The second-order valence-corrected chi connectivity index (χ2v) is 8.38. The quantitative estimate of drug-likeness (QED) is 0.284. The van der Waals surface area contributed by atoms with Gasteiger partial charge < -0.3 is 10.2 Å². The highest BCUT2D eigenvalue weighted by Crippen LogP contribution is 2.25. The molecule has 1 amide bonds. The molecule has 0 saturated heterocycles. The van der Waals surface area contributed by atoms with Gasteiger partial charge in [0.2, 0.25) is 0 Å². The highest BCUT2D eigenvalue weighted by atomic mass is 35.5. The van der Waals surface area contributed by atoms with Crippen LogP contribution in [-0.4, -0.2) is 32.9 Å². The summed E-state index contributed by atoms with van der Waals surface area (Å²) >= 11 is 7.15. The molecule has 0 unspecified atom stereocenters. The molecule has 166 valence electrons. The molecule has 0 aliphatic heterocycles. The summed E-state index contributed by atoms with van der Waals surface area (Å²) in [6.45, 7) is 0.0838. The Labute approximate surface area is 196 Å². The van der Waals surface area contributed by atoms with Crippen LogP contribution in [0.25, 0.3) is 10.8 Å². The Morgan fingerprint density at radius 1 is 1.09 bits per heavy atom. The molecule has 0 aliphatic carbocycles. The van der Waals surface area contributed by atoms with Gasteiger partial charge in [-0.25, -0.2) is 10.2 Å². The van der Waals surface area contributed by atoms with E-state index in [1.807, 2.05) is 24.3 Å². The minimum atomic E-state index is -1.07. The van der Waals surface area contributed by atoms with E-state index in [0.29, 0.717) is 10.4 Å². The number of amides is 1. The number of carboxylic acids is 1. The molecule has 0 fully saturated rings. The number of carboxylic acid groups (broad SMARTS) is 1. The molecule has 0 spiro atoms. The third kappa shape index (κ3) is 4.79. The van der Waals surface area contributed by atoms with Crippen molar-refractivity contribution in [3.63, 3.8) is 0 Å². The van der Waals surface area contributed by atoms with Crippen LogP contribution in [0.2, 0.25) is 5.15 Å². The van der Waals surface area contributed by atoms with Crippen molar-refractivity contribution >= 4 is 51.8 Å². The molecule has 4 aromatic rings. The lowest BCUT2D eigenvalue weighted by atomic mass is 10.1. The van der Waals surface area contributed by atoms with Crippen molar-refractivity contribution in [1.82, 2.24) is 9.99 Å². The number of aromatic hydroxyl groups is 1. The maximum Gasteiger partial charge on any atom is 0.335 e. The van der Waals surface area contributed by atoms with Crippen molar-refractivity contribution in [3.05, 3.63) is 97.1 Å². The zero-order valence-corrected chi connectivity index (χ0v) is 18.4. The van der Waals surface area contributed by atoms with Gasteiger partial charge in [-0.2, -0.15) is 5.10 Å². The van der Waals surface area contributed by atoms with E-state index in [0.717, 1.165) is 22.1 Å². The largest absolute Gasteiger partial charge is 0.507 e. The van der Waals surface area contributed by atoms with E-state index >= 15 is 0 Å². The van der Waals surface area contributed by atoms with Crippen molar-refractivity contribution in [3.8, 4) is 5.75 Å². The van der Waals surface area contributed by atoms with Crippen LogP contribution in [0.1, 0.15) is 31.2 Å². The fourth-order valence-corrected chi connectivity index (χ4v) is 4.33. The van der Waals surface area contributed by atoms with Crippen LogP contribution in [-0.2, 0) is 6.54 Å². The molecule has 8 nitrogen and oxygen atoms in total. The van der Waals surface area contributed by atoms with Crippen LogP contribution in [0.5, 0.6) is 5.75 Å². The number of halogens is 1. The van der Waals surface area contributed by atoms with Crippen molar-refractivity contribution < 1.29 is 19.8 Å². The molecular weight excluding hydrogens is 466 g/mol. The topological polar surface area (TPSA) is 121 Å². The Hall–Kier alpha value is -3.95. The molecule has 10 heteroatoms. The smallest absolute Gasteiger partial charge is 0.335 e. The SMILES string of the molecule is O=C(O)c1cccc(Cn2c(Cl)c(/C=N/NC(=O)c3cc4ccccc4cc3O)sc2=O)c1. The lowest BCUT2D eigenvalue weighted by molar-refractivity contribution is 0.0696. The highest BCUT2D eigenvalue weighted by Gasteiger charge is 2.14. The Morgan fingerprint density at radius 3 is 2.55 bits per heavy atom. The predicted molar refractivity (Wildman–Crippen MR) is 127 cm³/mol. The van der Waals surface area contributed by atoms with Crippen LogP contribution >= 0.6 is 22.9 Å². The fraction of sp³-hybridized carbons (Fsp3) is 0.0435. The number of phenols is 1. The van der Waals surface area contributed by atoms with Gasteiger partial charge in [-0.1, -0.05) is 59.3 Å². The Balaban J connectivity index is 1.51. The maximum absolute atomic E-state index is 12.5. The molecule has 0 atom stereocenters. The first-order valence-electron chi connectivity index (χ1n) is 9.60. The summed E-state index contributed by atoms with van der Waals surface area (Å²) in [5.74, 6) is -1.87. The third-order valence-corrected chi connectivity index (χ3v) is 6.26. The minimum Gasteiger partial charge on any atom is -0.507 e. The number of hydrazone groups is 1. The summed E-state index contributed by atoms with van der Waals surface area (Å²) in [5.41, 5.74) is 3.08. The molecule has 3 N–H and O–H groups in total. The number of aromatic nitrogens is 1. The number of rotatable bonds is 6. The zero-order chi connectivity index (χ0) is 23.5. The molecule has 1 aromatic heterocycles. The highest BCUT2D eigenvalue weighted by molar-refractivity contribution is 7.11. The summed E-state index contributed by atoms with van der Waals surface area (Å²) in [6, 6.07) is 16.6. The second kappa shape index (κ2) is 9.27. The molecule has 0 bridgehead atoms. The second-order valence-electron chi connectivity index (χ2n) is 7.03. The summed E-state index contributed by atoms with van der Waals surface area (Å²) in [4.78, 5) is 35.9. The number of fused-ring (bicyclic) bond motifs is 1. The summed E-state index contributed by atoms with van der Waals surface area (Å²) in [5, 5.41) is 24.8. The van der Waals surface area contributed by atoms with Gasteiger partial charge in [-0.3, -0.25) is 14.2 Å². The molecule has 0 radical (unpaired) electrons. The van der Waals surface area contributed by atoms with Gasteiger partial charge in [0.1, 0.15) is 10.9 Å². The number of carbonyl (C=O) groups is 2. The number of aromatic carboxylic acids is 1. The third-order valence-electron chi connectivity index (χ3n) is 4.83. The maximum atomic E-state index is 12.5. The average Bonchev–Trinajstić information content (AvgIpc) is 3.06. The standard InChI is InChI=1S/C23H16ClN3O5S/c24-20-19(33-23(32)27(20)12-13-4-3-7-16(8-13)22(30)31)11-25-26-21(29)17-9-14-5-1-2-6-15(14)10-18(17)28/h1-11,28H,12H2,(H,26,29)(H,30,31)/b25-11+. The minimum absolute atomic E-state index is 0.0565. The number of nitrogens with zero attached hydrogens (tertiary/aromatic N) is 2. The van der Waals surface area contributed by atoms with E-state index in [9.17, 15) is 19.5 Å². The van der Waals surface area contributed by atoms with E-state index in [4.69, 9.17) is 16.7 Å². The fourth-order valence-electron chi connectivity index (χ4n) is 3.22. The van der Waals surface area contributed by atoms with Crippen LogP contribution in [0.15, 0.2) is 70.6 Å². The number of phenolic OH excluding ortho intramolecular Hbond substituents is 1. The lowest BCUT2D eigenvalue weighted by Crippen LogP contribution is -2.17. The molecular formula is C23H16ClN3O5S. The monoisotopic (exact) mass is 481 g/mol. The van der Waals surface area contributed by atoms with Crippen LogP contribution < -0.4 is 10.3 Å². The van der Waals surface area contributed by atoms with Crippen LogP contribution in [0.3, 0.4) is 0 Å².